The summed E-state index contributed by atoms with van der Waals surface area (Å²) in [6.45, 7) is 0.526. The van der Waals surface area contributed by atoms with Crippen LogP contribution >= 0.6 is 15.9 Å². The van der Waals surface area contributed by atoms with E-state index in [2.05, 4.69) is 21.2 Å². The lowest BCUT2D eigenvalue weighted by atomic mass is 10.1. The average Bonchev–Trinajstić information content (AvgIpc) is 2.45. The van der Waals surface area contributed by atoms with E-state index in [0.717, 1.165) is 21.5 Å². The molecule has 0 heterocycles. The lowest BCUT2D eigenvalue weighted by Gasteiger charge is -2.11. The van der Waals surface area contributed by atoms with Crippen molar-refractivity contribution in [3.05, 3.63) is 58.1 Å². The van der Waals surface area contributed by atoms with Crippen molar-refractivity contribution in [2.75, 3.05) is 12.4 Å². The van der Waals surface area contributed by atoms with Crippen LogP contribution in [0.5, 0.6) is 5.75 Å². The summed E-state index contributed by atoms with van der Waals surface area (Å²) in [6, 6.07) is 13.0. The van der Waals surface area contributed by atoms with Gasteiger partial charge in [-0.1, -0.05) is 18.2 Å². The maximum Gasteiger partial charge on any atom is 0.249 e. The SMILES string of the molecule is COc1ccc(NCc2ccccc2C(N)=O)cc1Br. The van der Waals surface area contributed by atoms with E-state index in [0.29, 0.717) is 12.1 Å². The van der Waals surface area contributed by atoms with Gasteiger partial charge in [-0.3, -0.25) is 4.79 Å². The van der Waals surface area contributed by atoms with E-state index in [-0.39, 0.29) is 0 Å². The molecule has 0 bridgehead atoms. The molecule has 104 valence electrons. The second-order valence-electron chi connectivity index (χ2n) is 4.22. The fourth-order valence-electron chi connectivity index (χ4n) is 1.89. The number of hydrogen-bond acceptors (Lipinski definition) is 3. The molecule has 0 aromatic heterocycles. The van der Waals surface area contributed by atoms with Crippen LogP contribution in [0.15, 0.2) is 46.9 Å². The largest absolute Gasteiger partial charge is 0.496 e. The second kappa shape index (κ2) is 6.43. The van der Waals surface area contributed by atoms with Gasteiger partial charge in [-0.25, -0.2) is 0 Å². The zero-order chi connectivity index (χ0) is 14.5. The molecule has 1 amide bonds. The van der Waals surface area contributed by atoms with Crippen LogP contribution in [0.4, 0.5) is 5.69 Å². The Labute approximate surface area is 126 Å². The lowest BCUT2D eigenvalue weighted by Crippen LogP contribution is -2.15. The third-order valence-electron chi connectivity index (χ3n) is 2.92. The Kier molecular flexibility index (Phi) is 4.63. The minimum absolute atomic E-state index is 0.418. The molecule has 5 heteroatoms. The Morgan fingerprint density at radius 2 is 2.05 bits per heavy atom. The molecule has 0 aliphatic heterocycles. The molecule has 0 aliphatic carbocycles. The Hall–Kier alpha value is -2.01. The third kappa shape index (κ3) is 3.30. The Morgan fingerprint density at radius 3 is 2.70 bits per heavy atom. The number of ether oxygens (including phenoxy) is 1. The van der Waals surface area contributed by atoms with Crippen LogP contribution in [0.3, 0.4) is 0 Å². The van der Waals surface area contributed by atoms with Gasteiger partial charge in [-0.15, -0.1) is 0 Å². The highest BCUT2D eigenvalue weighted by Gasteiger charge is 2.07. The number of benzene rings is 2. The van der Waals surface area contributed by atoms with Crippen LogP contribution in [-0.2, 0) is 6.54 Å². The van der Waals surface area contributed by atoms with Crippen molar-refractivity contribution >= 4 is 27.5 Å². The summed E-state index contributed by atoms with van der Waals surface area (Å²) < 4.78 is 6.05. The highest BCUT2D eigenvalue weighted by Crippen LogP contribution is 2.28. The molecule has 0 unspecified atom stereocenters. The summed E-state index contributed by atoms with van der Waals surface area (Å²) in [5.74, 6) is 0.353. The van der Waals surface area contributed by atoms with Gasteiger partial charge in [0.25, 0.3) is 0 Å². The van der Waals surface area contributed by atoms with Crippen molar-refractivity contribution < 1.29 is 9.53 Å². The zero-order valence-corrected chi connectivity index (χ0v) is 12.6. The minimum Gasteiger partial charge on any atom is -0.496 e. The lowest BCUT2D eigenvalue weighted by molar-refractivity contribution is 0.0999. The Balaban J connectivity index is 2.13. The van der Waals surface area contributed by atoms with Gasteiger partial charge in [0.1, 0.15) is 5.75 Å². The highest BCUT2D eigenvalue weighted by molar-refractivity contribution is 9.10. The first-order chi connectivity index (χ1) is 9.61. The van der Waals surface area contributed by atoms with E-state index in [9.17, 15) is 4.79 Å². The molecule has 2 rings (SSSR count). The van der Waals surface area contributed by atoms with Gasteiger partial charge in [-0.05, 0) is 45.8 Å². The molecule has 0 saturated heterocycles. The fraction of sp³-hybridized carbons (Fsp3) is 0.133. The van der Waals surface area contributed by atoms with Gasteiger partial charge in [0.15, 0.2) is 0 Å². The van der Waals surface area contributed by atoms with Crippen LogP contribution in [0, 0.1) is 0 Å². The van der Waals surface area contributed by atoms with Crippen LogP contribution in [0.25, 0.3) is 0 Å². The standard InChI is InChI=1S/C15H15BrN2O2/c1-20-14-7-6-11(8-13(14)16)18-9-10-4-2-3-5-12(10)15(17)19/h2-8,18H,9H2,1H3,(H2,17,19). The van der Waals surface area contributed by atoms with Gasteiger partial charge in [-0.2, -0.15) is 0 Å². The van der Waals surface area contributed by atoms with Gasteiger partial charge >= 0.3 is 0 Å². The number of methoxy groups -OCH3 is 1. The number of nitrogens with two attached hydrogens (primary N) is 1. The molecule has 0 fully saturated rings. The van der Waals surface area contributed by atoms with Crippen molar-refractivity contribution in [2.45, 2.75) is 6.54 Å². The summed E-state index contributed by atoms with van der Waals surface area (Å²) in [4.78, 5) is 11.3. The number of primary amides is 1. The molecular weight excluding hydrogens is 320 g/mol. The predicted molar refractivity (Wildman–Crippen MR) is 83.0 cm³/mol. The third-order valence-corrected chi connectivity index (χ3v) is 3.54. The van der Waals surface area contributed by atoms with Crippen molar-refractivity contribution in [2.24, 2.45) is 5.73 Å². The number of hydrogen-bond donors (Lipinski definition) is 2. The van der Waals surface area contributed by atoms with E-state index in [1.54, 1.807) is 19.2 Å². The van der Waals surface area contributed by atoms with Crippen LogP contribution in [-0.4, -0.2) is 13.0 Å². The van der Waals surface area contributed by atoms with Gasteiger partial charge in [0.2, 0.25) is 5.91 Å². The normalized spacial score (nSPS) is 10.1. The molecule has 2 aromatic rings. The number of anilines is 1. The van der Waals surface area contributed by atoms with E-state index >= 15 is 0 Å². The molecule has 0 saturated carbocycles. The van der Waals surface area contributed by atoms with Crippen molar-refractivity contribution in [3.8, 4) is 5.75 Å². The fourth-order valence-corrected chi connectivity index (χ4v) is 2.43. The van der Waals surface area contributed by atoms with Crippen LogP contribution in [0.2, 0.25) is 0 Å². The van der Waals surface area contributed by atoms with Gasteiger partial charge < -0.3 is 15.8 Å². The minimum atomic E-state index is -0.418. The van der Waals surface area contributed by atoms with Crippen molar-refractivity contribution in [3.63, 3.8) is 0 Å². The predicted octanol–water partition coefficient (Wildman–Crippen LogP) is 3.17. The van der Waals surface area contributed by atoms with Crippen molar-refractivity contribution in [1.82, 2.24) is 0 Å². The van der Waals surface area contributed by atoms with Crippen LogP contribution < -0.4 is 15.8 Å². The number of amides is 1. The number of carbonyl (C=O) groups excluding carboxylic acids is 1. The summed E-state index contributed by atoms with van der Waals surface area (Å²) in [5.41, 5.74) is 7.68. The Morgan fingerprint density at radius 1 is 1.30 bits per heavy atom. The molecule has 20 heavy (non-hydrogen) atoms. The number of halogens is 1. The molecule has 0 radical (unpaired) electrons. The van der Waals surface area contributed by atoms with E-state index in [1.807, 2.05) is 30.3 Å². The molecule has 0 aliphatic rings. The summed E-state index contributed by atoms with van der Waals surface area (Å²) >= 11 is 3.43. The number of nitrogens with one attached hydrogen (secondary N) is 1. The maximum absolute atomic E-state index is 11.3. The summed E-state index contributed by atoms with van der Waals surface area (Å²) in [5, 5.41) is 3.26. The summed E-state index contributed by atoms with van der Waals surface area (Å²) in [7, 11) is 1.62. The first-order valence-corrected chi connectivity index (χ1v) is 6.86. The molecule has 0 spiro atoms. The maximum atomic E-state index is 11.3. The molecule has 0 atom stereocenters. The van der Waals surface area contributed by atoms with Gasteiger partial charge in [0.05, 0.1) is 11.6 Å². The molecule has 4 nitrogen and oxygen atoms in total. The average molecular weight is 335 g/mol. The number of rotatable bonds is 5. The molecular formula is C15H15BrN2O2. The molecule has 2 aromatic carbocycles. The quantitative estimate of drug-likeness (QED) is 0.882. The Bertz CT molecular complexity index is 629. The van der Waals surface area contributed by atoms with E-state index in [1.165, 1.54) is 0 Å². The van der Waals surface area contributed by atoms with E-state index in [4.69, 9.17) is 10.5 Å². The van der Waals surface area contributed by atoms with E-state index < -0.39 is 5.91 Å². The van der Waals surface area contributed by atoms with Crippen molar-refractivity contribution in [1.29, 1.82) is 0 Å². The smallest absolute Gasteiger partial charge is 0.249 e. The first kappa shape index (κ1) is 14.4. The number of carbonyl (C=O) groups is 1. The first-order valence-electron chi connectivity index (χ1n) is 6.07. The van der Waals surface area contributed by atoms with Crippen LogP contribution in [0.1, 0.15) is 15.9 Å². The monoisotopic (exact) mass is 334 g/mol. The van der Waals surface area contributed by atoms with Gasteiger partial charge in [0, 0.05) is 17.8 Å². The zero-order valence-electron chi connectivity index (χ0n) is 11.0. The molecule has 3 N–H and O–H groups in total. The topological polar surface area (TPSA) is 64.3 Å². The highest BCUT2D eigenvalue weighted by atomic mass is 79.9. The second-order valence-corrected chi connectivity index (χ2v) is 5.08. The summed E-state index contributed by atoms with van der Waals surface area (Å²) in [6.07, 6.45) is 0.